The zero-order chi connectivity index (χ0) is 25.1. The molecule has 186 valence electrons. The van der Waals surface area contributed by atoms with Gasteiger partial charge in [0.1, 0.15) is 12.6 Å². The Bertz CT molecular complexity index is 1050. The van der Waals surface area contributed by atoms with Crippen molar-refractivity contribution in [2.45, 2.75) is 58.0 Å². The SMILES string of the molecule is CCC(C)C(NC(=O)OCC1c2ccccc2-c2ccccc21)C(=O)N1CCC(C(=O)O)C1CC. The van der Waals surface area contributed by atoms with Gasteiger partial charge in [-0.05, 0) is 41.0 Å². The number of carbonyl (C=O) groups excluding carboxylic acids is 2. The fourth-order valence-electron chi connectivity index (χ4n) is 5.55. The average molecular weight is 479 g/mol. The number of amides is 2. The van der Waals surface area contributed by atoms with Crippen LogP contribution in [0, 0.1) is 11.8 Å². The monoisotopic (exact) mass is 478 g/mol. The van der Waals surface area contributed by atoms with E-state index in [-0.39, 0.29) is 30.4 Å². The Morgan fingerprint density at radius 2 is 1.66 bits per heavy atom. The fraction of sp³-hybridized carbons (Fsp3) is 0.464. The van der Waals surface area contributed by atoms with Crippen LogP contribution in [-0.4, -0.2) is 53.2 Å². The molecule has 1 saturated heterocycles. The molecule has 7 heteroatoms. The molecular formula is C28H34N2O5. The van der Waals surface area contributed by atoms with Gasteiger partial charge in [0, 0.05) is 18.5 Å². The second kappa shape index (κ2) is 10.5. The molecule has 0 bridgehead atoms. The van der Waals surface area contributed by atoms with Crippen molar-refractivity contribution in [3.05, 3.63) is 59.7 Å². The van der Waals surface area contributed by atoms with Crippen molar-refractivity contribution in [2.24, 2.45) is 11.8 Å². The van der Waals surface area contributed by atoms with Crippen LogP contribution in [0.15, 0.2) is 48.5 Å². The zero-order valence-corrected chi connectivity index (χ0v) is 20.6. The fourth-order valence-corrected chi connectivity index (χ4v) is 5.55. The Hall–Kier alpha value is -3.35. The van der Waals surface area contributed by atoms with Crippen LogP contribution in [0.5, 0.6) is 0 Å². The number of aliphatic carboxylic acids is 1. The predicted octanol–water partition coefficient (Wildman–Crippen LogP) is 4.65. The third-order valence-corrected chi connectivity index (χ3v) is 7.66. The van der Waals surface area contributed by atoms with Crippen LogP contribution in [0.4, 0.5) is 4.79 Å². The molecule has 2 amide bonds. The van der Waals surface area contributed by atoms with Crippen LogP contribution in [0.3, 0.4) is 0 Å². The average Bonchev–Trinajstić information content (AvgIpc) is 3.45. The topological polar surface area (TPSA) is 95.9 Å². The molecule has 1 heterocycles. The summed E-state index contributed by atoms with van der Waals surface area (Å²) >= 11 is 0. The Balaban J connectivity index is 1.46. The maximum Gasteiger partial charge on any atom is 0.407 e. The highest BCUT2D eigenvalue weighted by molar-refractivity contribution is 5.87. The van der Waals surface area contributed by atoms with Gasteiger partial charge in [-0.1, -0.05) is 75.7 Å². The van der Waals surface area contributed by atoms with Gasteiger partial charge in [-0.15, -0.1) is 0 Å². The second-order valence-corrected chi connectivity index (χ2v) is 9.57. The third kappa shape index (κ3) is 4.77. The van der Waals surface area contributed by atoms with E-state index in [9.17, 15) is 19.5 Å². The summed E-state index contributed by atoms with van der Waals surface area (Å²) in [5.74, 6) is -1.87. The number of nitrogens with one attached hydrogen (secondary N) is 1. The summed E-state index contributed by atoms with van der Waals surface area (Å²) in [6.45, 7) is 6.32. The first kappa shape index (κ1) is 24.8. The molecule has 2 aromatic rings. The van der Waals surface area contributed by atoms with Crippen molar-refractivity contribution in [1.82, 2.24) is 10.2 Å². The van der Waals surface area contributed by atoms with Gasteiger partial charge in [0.2, 0.25) is 5.91 Å². The number of ether oxygens (including phenoxy) is 1. The van der Waals surface area contributed by atoms with E-state index < -0.39 is 24.0 Å². The highest BCUT2D eigenvalue weighted by atomic mass is 16.5. The number of nitrogens with zero attached hydrogens (tertiary/aromatic N) is 1. The molecule has 4 rings (SSSR count). The number of alkyl carbamates (subject to hydrolysis) is 1. The lowest BCUT2D eigenvalue weighted by atomic mass is 9.95. The normalized spacial score (nSPS) is 20.6. The lowest BCUT2D eigenvalue weighted by Gasteiger charge is -2.32. The highest BCUT2D eigenvalue weighted by Gasteiger charge is 2.43. The molecule has 1 aliphatic carbocycles. The Morgan fingerprint density at radius 3 is 2.20 bits per heavy atom. The van der Waals surface area contributed by atoms with E-state index in [2.05, 4.69) is 29.6 Å². The summed E-state index contributed by atoms with van der Waals surface area (Å²) in [4.78, 5) is 39.6. The van der Waals surface area contributed by atoms with Crippen molar-refractivity contribution < 1.29 is 24.2 Å². The molecule has 7 nitrogen and oxygen atoms in total. The first-order valence-electron chi connectivity index (χ1n) is 12.5. The third-order valence-electron chi connectivity index (χ3n) is 7.66. The Labute approximate surface area is 206 Å². The number of rotatable bonds is 8. The van der Waals surface area contributed by atoms with Crippen molar-refractivity contribution in [3.8, 4) is 11.1 Å². The van der Waals surface area contributed by atoms with Crippen LogP contribution in [0.25, 0.3) is 11.1 Å². The lowest BCUT2D eigenvalue weighted by molar-refractivity contribution is -0.144. The Kier molecular flexibility index (Phi) is 7.43. The number of hydrogen-bond donors (Lipinski definition) is 2. The number of carboxylic acid groups (broad SMARTS) is 1. The van der Waals surface area contributed by atoms with E-state index >= 15 is 0 Å². The molecule has 4 atom stereocenters. The smallest absolute Gasteiger partial charge is 0.407 e. The first-order chi connectivity index (χ1) is 16.9. The number of carbonyl (C=O) groups is 3. The van der Waals surface area contributed by atoms with E-state index in [0.29, 0.717) is 25.8 Å². The summed E-state index contributed by atoms with van der Waals surface area (Å²) in [7, 11) is 0. The van der Waals surface area contributed by atoms with Crippen LogP contribution in [-0.2, 0) is 14.3 Å². The maximum absolute atomic E-state index is 13.5. The Morgan fingerprint density at radius 1 is 1.06 bits per heavy atom. The molecule has 0 saturated carbocycles. The van der Waals surface area contributed by atoms with Gasteiger partial charge in [0.05, 0.1) is 5.92 Å². The van der Waals surface area contributed by atoms with Gasteiger partial charge in [-0.25, -0.2) is 4.79 Å². The van der Waals surface area contributed by atoms with E-state index in [1.54, 1.807) is 4.90 Å². The van der Waals surface area contributed by atoms with Crippen LogP contribution in [0.1, 0.15) is 57.1 Å². The molecule has 35 heavy (non-hydrogen) atoms. The molecule has 2 aliphatic rings. The predicted molar refractivity (Wildman–Crippen MR) is 133 cm³/mol. The number of benzene rings is 2. The van der Waals surface area contributed by atoms with Crippen molar-refractivity contribution in [3.63, 3.8) is 0 Å². The lowest BCUT2D eigenvalue weighted by Crippen LogP contribution is -2.53. The zero-order valence-electron chi connectivity index (χ0n) is 20.6. The van der Waals surface area contributed by atoms with E-state index in [4.69, 9.17) is 4.74 Å². The molecule has 2 aromatic carbocycles. The van der Waals surface area contributed by atoms with Crippen molar-refractivity contribution in [2.75, 3.05) is 13.2 Å². The minimum Gasteiger partial charge on any atom is -0.481 e. The number of hydrogen-bond acceptors (Lipinski definition) is 4. The highest BCUT2D eigenvalue weighted by Crippen LogP contribution is 2.44. The number of likely N-dealkylation sites (tertiary alicyclic amines) is 1. The summed E-state index contributed by atoms with van der Waals surface area (Å²) < 4.78 is 5.68. The van der Waals surface area contributed by atoms with Gasteiger partial charge >= 0.3 is 12.1 Å². The van der Waals surface area contributed by atoms with Gasteiger partial charge in [-0.3, -0.25) is 9.59 Å². The van der Waals surface area contributed by atoms with E-state index in [1.807, 2.05) is 45.0 Å². The second-order valence-electron chi connectivity index (χ2n) is 9.57. The molecule has 2 N–H and O–H groups in total. The quantitative estimate of drug-likeness (QED) is 0.576. The summed E-state index contributed by atoms with van der Waals surface area (Å²) in [6.07, 6.45) is 1.04. The summed E-state index contributed by atoms with van der Waals surface area (Å²) in [5, 5.41) is 12.3. The molecule has 0 radical (unpaired) electrons. The van der Waals surface area contributed by atoms with Crippen LogP contribution >= 0.6 is 0 Å². The van der Waals surface area contributed by atoms with E-state index in [1.165, 1.54) is 0 Å². The van der Waals surface area contributed by atoms with Crippen molar-refractivity contribution in [1.29, 1.82) is 0 Å². The van der Waals surface area contributed by atoms with Gasteiger partial charge < -0.3 is 20.1 Å². The molecule has 4 unspecified atom stereocenters. The largest absolute Gasteiger partial charge is 0.481 e. The van der Waals surface area contributed by atoms with Crippen LogP contribution in [0.2, 0.25) is 0 Å². The van der Waals surface area contributed by atoms with Crippen LogP contribution < -0.4 is 5.32 Å². The molecular weight excluding hydrogens is 444 g/mol. The van der Waals surface area contributed by atoms with Gasteiger partial charge in [-0.2, -0.15) is 0 Å². The minimum absolute atomic E-state index is 0.0646. The summed E-state index contributed by atoms with van der Waals surface area (Å²) in [6, 6.07) is 15.1. The number of fused-ring (bicyclic) bond motifs is 3. The molecule has 0 spiro atoms. The standard InChI is InChI=1S/C28H34N2O5/c1-4-17(3)25(26(31)30-15-14-22(27(32)33)24(30)5-2)29-28(34)35-16-23-20-12-8-6-10-18(20)19-11-7-9-13-21(19)23/h6-13,17,22-25H,4-5,14-16H2,1-3H3,(H,29,34)(H,32,33). The van der Waals surface area contributed by atoms with Crippen molar-refractivity contribution >= 4 is 18.0 Å². The maximum atomic E-state index is 13.5. The molecule has 0 aromatic heterocycles. The van der Waals surface area contributed by atoms with E-state index in [0.717, 1.165) is 22.3 Å². The first-order valence-corrected chi connectivity index (χ1v) is 12.5. The minimum atomic E-state index is -0.878. The number of carboxylic acids is 1. The van der Waals surface area contributed by atoms with Gasteiger partial charge in [0.15, 0.2) is 0 Å². The molecule has 1 aliphatic heterocycles. The van der Waals surface area contributed by atoms with Gasteiger partial charge in [0.25, 0.3) is 0 Å². The summed E-state index contributed by atoms with van der Waals surface area (Å²) in [5.41, 5.74) is 4.55. The molecule has 1 fully saturated rings.